The minimum Gasteiger partial charge on any atom is -0.357 e. The van der Waals surface area contributed by atoms with Crippen molar-refractivity contribution in [3.63, 3.8) is 0 Å². The Bertz CT molecular complexity index is 70.9. The summed E-state index contributed by atoms with van der Waals surface area (Å²) in [5, 5.41) is 0. The molecule has 0 rings (SSSR count). The van der Waals surface area contributed by atoms with Gasteiger partial charge >= 0.3 is 0 Å². The number of hydrogen-bond donors (Lipinski definition) is 0. The number of hydrogen-bond acceptors (Lipinski definition) is 2. The summed E-state index contributed by atoms with van der Waals surface area (Å²) in [6.45, 7) is 6.50. The lowest BCUT2D eigenvalue weighted by Crippen LogP contribution is -2.03. The number of ether oxygens (including phenoxy) is 1. The number of aliphatic imine (C=N–C) groups is 1. The highest BCUT2D eigenvalue weighted by Gasteiger charge is 1.90. The van der Waals surface area contributed by atoms with Crippen LogP contribution in [0.4, 0.5) is 0 Å². The van der Waals surface area contributed by atoms with Gasteiger partial charge in [0.05, 0.1) is 0 Å². The average Bonchev–Trinajstić information content (AvgIpc) is 1.68. The molecule has 0 saturated heterocycles. The summed E-state index contributed by atoms with van der Waals surface area (Å²) in [5.74, 6) is 0. The quantitative estimate of drug-likeness (QED) is 0.510. The predicted octanol–water partition coefficient (Wildman–Crippen LogP) is 1.46. The zero-order valence-corrected chi connectivity index (χ0v) is 5.72. The molecule has 8 heavy (non-hydrogen) atoms. The van der Waals surface area contributed by atoms with E-state index in [0.29, 0.717) is 0 Å². The van der Waals surface area contributed by atoms with Crippen LogP contribution in [0.25, 0.3) is 0 Å². The first kappa shape index (κ1) is 7.63. The van der Waals surface area contributed by atoms with Gasteiger partial charge in [0.15, 0.2) is 0 Å². The van der Waals surface area contributed by atoms with Crippen LogP contribution >= 0.6 is 0 Å². The second kappa shape index (κ2) is 4.78. The zero-order valence-electron chi connectivity index (χ0n) is 5.72. The van der Waals surface area contributed by atoms with E-state index >= 15 is 0 Å². The van der Waals surface area contributed by atoms with Gasteiger partial charge in [-0.15, -0.1) is 0 Å². The van der Waals surface area contributed by atoms with Gasteiger partial charge in [-0.1, -0.05) is 0 Å². The zero-order chi connectivity index (χ0) is 6.41. The largest absolute Gasteiger partial charge is 0.357 e. The molecule has 0 heterocycles. The fraction of sp³-hybridized carbons (Fsp3) is 0.833. The third kappa shape index (κ3) is 3.81. The lowest BCUT2D eigenvalue weighted by molar-refractivity contribution is 0.0835. The van der Waals surface area contributed by atoms with Crippen molar-refractivity contribution in [2.24, 2.45) is 4.99 Å². The van der Waals surface area contributed by atoms with E-state index < -0.39 is 0 Å². The van der Waals surface area contributed by atoms with Crippen LogP contribution in [0.1, 0.15) is 20.8 Å². The molecule has 0 aromatic carbocycles. The van der Waals surface area contributed by atoms with E-state index in [-0.39, 0.29) is 6.23 Å². The molecule has 0 aromatic heterocycles. The lowest BCUT2D eigenvalue weighted by atomic mass is 10.6. The summed E-state index contributed by atoms with van der Waals surface area (Å²) < 4.78 is 5.08. The minimum absolute atomic E-state index is 0.0324. The van der Waals surface area contributed by atoms with Crippen LogP contribution in [0.15, 0.2) is 4.99 Å². The first-order valence-electron chi connectivity index (χ1n) is 2.90. The topological polar surface area (TPSA) is 21.6 Å². The molecule has 2 heteroatoms. The molecule has 0 aromatic rings. The van der Waals surface area contributed by atoms with Gasteiger partial charge in [0.1, 0.15) is 6.23 Å². The standard InChI is InChI=1S/C6H13NO/c1-4-7-6(3)8-5-2/h4,6H,5H2,1-3H3. The van der Waals surface area contributed by atoms with E-state index in [1.807, 2.05) is 20.8 Å². The van der Waals surface area contributed by atoms with Gasteiger partial charge in [0.25, 0.3) is 0 Å². The second-order valence-electron chi connectivity index (χ2n) is 1.46. The predicted molar refractivity (Wildman–Crippen MR) is 35.3 cm³/mol. The molecule has 2 nitrogen and oxygen atoms in total. The molecule has 0 bridgehead atoms. The molecule has 48 valence electrons. The van der Waals surface area contributed by atoms with Crippen LogP contribution in [-0.2, 0) is 4.74 Å². The van der Waals surface area contributed by atoms with Crippen molar-refractivity contribution >= 4 is 6.21 Å². The van der Waals surface area contributed by atoms with Crippen LogP contribution in [0.5, 0.6) is 0 Å². The molecular weight excluding hydrogens is 102 g/mol. The summed E-state index contributed by atoms with van der Waals surface area (Å²) in [5.41, 5.74) is 0. The van der Waals surface area contributed by atoms with Gasteiger partial charge in [-0.05, 0) is 27.0 Å². The van der Waals surface area contributed by atoms with E-state index in [2.05, 4.69) is 4.99 Å². The van der Waals surface area contributed by atoms with Crippen molar-refractivity contribution in [1.29, 1.82) is 0 Å². The lowest BCUT2D eigenvalue weighted by Gasteiger charge is -2.02. The van der Waals surface area contributed by atoms with Gasteiger partial charge in [-0.3, -0.25) is 4.99 Å². The fourth-order valence-corrected chi connectivity index (χ4v) is 0.494. The summed E-state index contributed by atoms with van der Waals surface area (Å²) in [6, 6.07) is 0. The Balaban J connectivity index is 3.17. The van der Waals surface area contributed by atoms with E-state index in [9.17, 15) is 0 Å². The fourth-order valence-electron chi connectivity index (χ4n) is 0.494. The molecular formula is C6H13NO. The first-order valence-corrected chi connectivity index (χ1v) is 2.90. The highest BCUT2D eigenvalue weighted by Crippen LogP contribution is 1.88. The molecule has 1 unspecified atom stereocenters. The molecule has 0 spiro atoms. The Morgan fingerprint density at radius 3 is 2.75 bits per heavy atom. The Labute approximate surface area is 50.6 Å². The Kier molecular flexibility index (Phi) is 4.56. The summed E-state index contributed by atoms with van der Waals surface area (Å²) in [7, 11) is 0. The summed E-state index contributed by atoms with van der Waals surface area (Å²) in [6.07, 6.45) is 1.78. The molecule has 0 radical (unpaired) electrons. The average molecular weight is 115 g/mol. The van der Waals surface area contributed by atoms with E-state index in [1.165, 1.54) is 0 Å². The number of nitrogens with zero attached hydrogens (tertiary/aromatic N) is 1. The Hall–Kier alpha value is -0.370. The molecule has 0 saturated carbocycles. The Morgan fingerprint density at radius 1 is 1.75 bits per heavy atom. The molecule has 0 aliphatic heterocycles. The van der Waals surface area contributed by atoms with Crippen LogP contribution < -0.4 is 0 Å². The highest BCUT2D eigenvalue weighted by atomic mass is 16.5. The van der Waals surface area contributed by atoms with Crippen molar-refractivity contribution < 1.29 is 4.74 Å². The van der Waals surface area contributed by atoms with Gasteiger partial charge in [0.2, 0.25) is 0 Å². The SMILES string of the molecule is CC=NC(C)OCC. The molecule has 0 fully saturated rings. The second-order valence-corrected chi connectivity index (χ2v) is 1.46. The van der Waals surface area contributed by atoms with E-state index in [0.717, 1.165) is 6.61 Å². The third-order valence-corrected chi connectivity index (χ3v) is 0.767. The van der Waals surface area contributed by atoms with Crippen molar-refractivity contribution in [1.82, 2.24) is 0 Å². The molecule has 0 aliphatic carbocycles. The highest BCUT2D eigenvalue weighted by molar-refractivity contribution is 5.53. The Morgan fingerprint density at radius 2 is 2.38 bits per heavy atom. The third-order valence-electron chi connectivity index (χ3n) is 0.767. The van der Waals surface area contributed by atoms with E-state index in [4.69, 9.17) is 4.74 Å². The van der Waals surface area contributed by atoms with Crippen LogP contribution in [0.3, 0.4) is 0 Å². The first-order chi connectivity index (χ1) is 3.81. The maximum absolute atomic E-state index is 5.08. The molecule has 0 aliphatic rings. The number of rotatable bonds is 3. The van der Waals surface area contributed by atoms with Crippen LogP contribution in [0, 0.1) is 0 Å². The van der Waals surface area contributed by atoms with Crippen LogP contribution in [0.2, 0.25) is 0 Å². The smallest absolute Gasteiger partial charge is 0.145 e. The molecule has 0 amide bonds. The maximum atomic E-state index is 5.08. The van der Waals surface area contributed by atoms with Crippen LogP contribution in [-0.4, -0.2) is 19.0 Å². The molecule has 1 atom stereocenters. The van der Waals surface area contributed by atoms with E-state index in [1.54, 1.807) is 6.21 Å². The summed E-state index contributed by atoms with van der Waals surface area (Å²) >= 11 is 0. The minimum atomic E-state index is 0.0324. The maximum Gasteiger partial charge on any atom is 0.145 e. The molecule has 0 N–H and O–H groups in total. The monoisotopic (exact) mass is 115 g/mol. The van der Waals surface area contributed by atoms with Crippen molar-refractivity contribution in [3.05, 3.63) is 0 Å². The normalized spacial score (nSPS) is 14.9. The van der Waals surface area contributed by atoms with Crippen molar-refractivity contribution in [2.75, 3.05) is 6.61 Å². The van der Waals surface area contributed by atoms with Gasteiger partial charge < -0.3 is 4.74 Å². The van der Waals surface area contributed by atoms with Gasteiger partial charge in [-0.25, -0.2) is 0 Å². The van der Waals surface area contributed by atoms with Crippen molar-refractivity contribution in [3.8, 4) is 0 Å². The summed E-state index contributed by atoms with van der Waals surface area (Å²) in [4.78, 5) is 3.97. The van der Waals surface area contributed by atoms with Gasteiger partial charge in [0, 0.05) is 6.61 Å². The van der Waals surface area contributed by atoms with Crippen molar-refractivity contribution in [2.45, 2.75) is 27.0 Å². The van der Waals surface area contributed by atoms with Gasteiger partial charge in [-0.2, -0.15) is 0 Å².